The van der Waals surface area contributed by atoms with Crippen LogP contribution in [0.1, 0.15) is 51.9 Å². The molecule has 2 aliphatic rings. The highest BCUT2D eigenvalue weighted by Crippen LogP contribution is 2.27. The number of fused-ring (bicyclic) bond motifs is 1. The van der Waals surface area contributed by atoms with Crippen molar-refractivity contribution in [2.24, 2.45) is 5.92 Å². The van der Waals surface area contributed by atoms with Crippen molar-refractivity contribution in [2.75, 3.05) is 19.6 Å². The second-order valence-electron chi connectivity index (χ2n) is 5.53. The molecule has 2 aliphatic heterocycles. The van der Waals surface area contributed by atoms with Crippen molar-refractivity contribution in [1.82, 2.24) is 10.2 Å². The first-order valence-electron chi connectivity index (χ1n) is 7.33. The molecule has 2 heterocycles. The topological polar surface area (TPSA) is 32.3 Å². The molecule has 0 aliphatic carbocycles. The van der Waals surface area contributed by atoms with Crippen LogP contribution in [0.3, 0.4) is 0 Å². The third-order valence-corrected chi connectivity index (χ3v) is 4.26. The Bertz CT molecular complexity index is 255. The van der Waals surface area contributed by atoms with E-state index in [4.69, 9.17) is 0 Å². The summed E-state index contributed by atoms with van der Waals surface area (Å²) in [5.74, 6) is 1.14. The second kappa shape index (κ2) is 6.39. The van der Waals surface area contributed by atoms with E-state index in [1.807, 2.05) is 0 Å². The van der Waals surface area contributed by atoms with Crippen LogP contribution < -0.4 is 5.32 Å². The van der Waals surface area contributed by atoms with Crippen LogP contribution in [0.2, 0.25) is 0 Å². The summed E-state index contributed by atoms with van der Waals surface area (Å²) >= 11 is 0. The largest absolute Gasteiger partial charge is 0.338 e. The summed E-state index contributed by atoms with van der Waals surface area (Å²) in [6.45, 7) is 5.37. The smallest absolute Gasteiger partial charge is 0.222 e. The average Bonchev–Trinajstić information content (AvgIpc) is 2.90. The van der Waals surface area contributed by atoms with E-state index in [-0.39, 0.29) is 0 Å². The quantitative estimate of drug-likeness (QED) is 0.719. The predicted molar refractivity (Wildman–Crippen MR) is 69.9 cm³/mol. The summed E-state index contributed by atoms with van der Waals surface area (Å²) in [6, 6.07) is 0.512. The van der Waals surface area contributed by atoms with Gasteiger partial charge in [-0.1, -0.05) is 32.6 Å². The Morgan fingerprint density at radius 1 is 1.24 bits per heavy atom. The van der Waals surface area contributed by atoms with Gasteiger partial charge in [-0.15, -0.1) is 0 Å². The number of hydrogen-bond donors (Lipinski definition) is 1. The average molecular weight is 238 g/mol. The molecular formula is C14H26N2O. The lowest BCUT2D eigenvalue weighted by Gasteiger charge is -2.23. The summed E-state index contributed by atoms with van der Waals surface area (Å²) in [6.07, 6.45) is 8.16. The zero-order chi connectivity index (χ0) is 12.1. The molecule has 0 aromatic heterocycles. The molecule has 98 valence electrons. The van der Waals surface area contributed by atoms with Crippen molar-refractivity contribution in [3.8, 4) is 0 Å². The molecule has 0 aromatic rings. The maximum absolute atomic E-state index is 12.1. The Morgan fingerprint density at radius 3 is 2.88 bits per heavy atom. The van der Waals surface area contributed by atoms with Gasteiger partial charge in [0.05, 0.1) is 0 Å². The molecule has 2 fully saturated rings. The van der Waals surface area contributed by atoms with Crippen molar-refractivity contribution < 1.29 is 4.79 Å². The highest BCUT2D eigenvalue weighted by molar-refractivity contribution is 5.77. The molecule has 2 atom stereocenters. The number of nitrogens with zero attached hydrogens (tertiary/aromatic N) is 1. The first kappa shape index (κ1) is 12.9. The SMILES string of the molecule is CCCCCCCC(=O)N1CC[C@H]2CNC[C@H]21. The number of rotatable bonds is 6. The molecule has 1 amide bonds. The van der Waals surface area contributed by atoms with Gasteiger partial charge in [-0.25, -0.2) is 0 Å². The van der Waals surface area contributed by atoms with Gasteiger partial charge in [0.2, 0.25) is 5.91 Å². The van der Waals surface area contributed by atoms with Gasteiger partial charge < -0.3 is 10.2 Å². The van der Waals surface area contributed by atoms with Gasteiger partial charge in [0.1, 0.15) is 0 Å². The molecule has 0 aromatic carbocycles. The van der Waals surface area contributed by atoms with Crippen LogP contribution in [0.15, 0.2) is 0 Å². The number of unbranched alkanes of at least 4 members (excludes halogenated alkanes) is 4. The lowest BCUT2D eigenvalue weighted by molar-refractivity contribution is -0.132. The van der Waals surface area contributed by atoms with Crippen molar-refractivity contribution in [2.45, 2.75) is 57.9 Å². The maximum Gasteiger partial charge on any atom is 0.222 e. The van der Waals surface area contributed by atoms with Gasteiger partial charge >= 0.3 is 0 Å². The van der Waals surface area contributed by atoms with Crippen LogP contribution in [0, 0.1) is 5.92 Å². The molecule has 17 heavy (non-hydrogen) atoms. The van der Waals surface area contributed by atoms with Crippen molar-refractivity contribution in [3.05, 3.63) is 0 Å². The lowest BCUT2D eigenvalue weighted by atomic mass is 10.0. The Hall–Kier alpha value is -0.570. The van der Waals surface area contributed by atoms with Crippen LogP contribution in [0.5, 0.6) is 0 Å². The summed E-state index contributed by atoms with van der Waals surface area (Å²) in [5, 5.41) is 3.40. The maximum atomic E-state index is 12.1. The monoisotopic (exact) mass is 238 g/mol. The van der Waals surface area contributed by atoms with Gasteiger partial charge in [-0.2, -0.15) is 0 Å². The zero-order valence-corrected chi connectivity index (χ0v) is 11.1. The number of hydrogen-bond acceptors (Lipinski definition) is 2. The molecule has 0 unspecified atom stereocenters. The molecule has 0 bridgehead atoms. The molecule has 0 saturated carbocycles. The van der Waals surface area contributed by atoms with E-state index in [2.05, 4.69) is 17.1 Å². The van der Waals surface area contributed by atoms with Crippen LogP contribution in [0.25, 0.3) is 0 Å². The molecule has 2 saturated heterocycles. The summed E-state index contributed by atoms with van der Waals surface area (Å²) in [7, 11) is 0. The summed E-state index contributed by atoms with van der Waals surface area (Å²) in [4.78, 5) is 14.3. The van der Waals surface area contributed by atoms with Crippen LogP contribution >= 0.6 is 0 Å². The number of likely N-dealkylation sites (tertiary alicyclic amines) is 1. The van der Waals surface area contributed by atoms with E-state index in [0.29, 0.717) is 11.9 Å². The molecule has 3 heteroatoms. The molecule has 0 spiro atoms. The predicted octanol–water partition coefficient (Wildman–Crippen LogP) is 2.17. The third kappa shape index (κ3) is 3.21. The molecular weight excluding hydrogens is 212 g/mol. The van der Waals surface area contributed by atoms with Crippen LogP contribution in [-0.4, -0.2) is 36.5 Å². The fourth-order valence-corrected chi connectivity index (χ4v) is 3.18. The van der Waals surface area contributed by atoms with E-state index in [1.54, 1.807) is 0 Å². The van der Waals surface area contributed by atoms with Gasteiger partial charge in [0.15, 0.2) is 0 Å². The van der Waals surface area contributed by atoms with Crippen molar-refractivity contribution >= 4 is 5.91 Å². The molecule has 1 N–H and O–H groups in total. The van der Waals surface area contributed by atoms with Crippen molar-refractivity contribution in [3.63, 3.8) is 0 Å². The number of carbonyl (C=O) groups is 1. The van der Waals surface area contributed by atoms with Gasteiger partial charge in [0.25, 0.3) is 0 Å². The molecule has 2 rings (SSSR count). The van der Waals surface area contributed by atoms with Gasteiger partial charge in [0, 0.05) is 32.1 Å². The van der Waals surface area contributed by atoms with E-state index in [0.717, 1.165) is 38.4 Å². The minimum Gasteiger partial charge on any atom is -0.338 e. The Labute approximate surface area is 105 Å². The number of carbonyl (C=O) groups excluding carboxylic acids is 1. The molecule has 3 nitrogen and oxygen atoms in total. The fourth-order valence-electron chi connectivity index (χ4n) is 3.18. The van der Waals surface area contributed by atoms with E-state index < -0.39 is 0 Å². The normalized spacial score (nSPS) is 27.5. The number of nitrogens with one attached hydrogen (secondary N) is 1. The Balaban J connectivity index is 1.66. The zero-order valence-electron chi connectivity index (χ0n) is 11.1. The highest BCUT2D eigenvalue weighted by atomic mass is 16.2. The lowest BCUT2D eigenvalue weighted by Crippen LogP contribution is -2.38. The second-order valence-corrected chi connectivity index (χ2v) is 5.53. The fraction of sp³-hybridized carbons (Fsp3) is 0.929. The van der Waals surface area contributed by atoms with E-state index >= 15 is 0 Å². The summed E-state index contributed by atoms with van der Waals surface area (Å²) in [5.41, 5.74) is 0. The van der Waals surface area contributed by atoms with E-state index in [9.17, 15) is 4.79 Å². The summed E-state index contributed by atoms with van der Waals surface area (Å²) < 4.78 is 0. The van der Waals surface area contributed by atoms with E-state index in [1.165, 1.54) is 32.1 Å². The minimum atomic E-state index is 0.401. The Kier molecular flexibility index (Phi) is 4.84. The highest BCUT2D eigenvalue weighted by Gasteiger charge is 2.39. The third-order valence-electron chi connectivity index (χ3n) is 4.26. The minimum absolute atomic E-state index is 0.401. The van der Waals surface area contributed by atoms with Crippen LogP contribution in [-0.2, 0) is 4.79 Å². The first-order valence-corrected chi connectivity index (χ1v) is 7.33. The Morgan fingerprint density at radius 2 is 2.06 bits per heavy atom. The molecule has 0 radical (unpaired) electrons. The van der Waals surface area contributed by atoms with Gasteiger partial charge in [-0.05, 0) is 18.8 Å². The van der Waals surface area contributed by atoms with Crippen molar-refractivity contribution in [1.29, 1.82) is 0 Å². The standard InChI is InChI=1S/C14H26N2O/c1-2-3-4-5-6-7-14(17)16-9-8-12-10-15-11-13(12)16/h12-13,15H,2-11H2,1H3/t12-,13+/m0/s1. The number of amides is 1. The van der Waals surface area contributed by atoms with Crippen LogP contribution in [0.4, 0.5) is 0 Å². The van der Waals surface area contributed by atoms with Gasteiger partial charge in [-0.3, -0.25) is 4.79 Å². The first-order chi connectivity index (χ1) is 8.33.